The van der Waals surface area contributed by atoms with E-state index in [1.807, 2.05) is 0 Å². The molecule has 2 aromatic carbocycles. The Morgan fingerprint density at radius 2 is 1.82 bits per heavy atom. The fraction of sp³-hybridized carbons (Fsp3) is 0.188. The monoisotopic (exact) mass is 310 g/mol. The number of aryl methyl sites for hydroxylation is 1. The van der Waals surface area contributed by atoms with Crippen LogP contribution in [-0.4, -0.2) is 11.1 Å². The van der Waals surface area contributed by atoms with Crippen molar-refractivity contribution >= 4 is 5.97 Å². The lowest BCUT2D eigenvalue weighted by molar-refractivity contribution is -0.139. The van der Waals surface area contributed by atoms with Gasteiger partial charge in [0.15, 0.2) is 0 Å². The molecule has 0 atom stereocenters. The van der Waals surface area contributed by atoms with Crippen LogP contribution < -0.4 is 4.74 Å². The zero-order valence-corrected chi connectivity index (χ0v) is 11.6. The molecule has 0 aliphatic heterocycles. The Morgan fingerprint density at radius 3 is 2.45 bits per heavy atom. The van der Waals surface area contributed by atoms with Crippen molar-refractivity contribution in [2.45, 2.75) is 19.5 Å². The number of carboxylic acids is 1. The van der Waals surface area contributed by atoms with Gasteiger partial charge in [0.05, 0.1) is 12.0 Å². The van der Waals surface area contributed by atoms with E-state index in [2.05, 4.69) is 0 Å². The van der Waals surface area contributed by atoms with Crippen LogP contribution >= 0.6 is 0 Å². The minimum absolute atomic E-state index is 0.102. The Bertz CT molecular complexity index is 693. The van der Waals surface area contributed by atoms with Gasteiger partial charge in [0, 0.05) is 5.56 Å². The molecule has 1 N–H and O–H groups in total. The van der Waals surface area contributed by atoms with Crippen LogP contribution in [0.5, 0.6) is 11.5 Å². The summed E-state index contributed by atoms with van der Waals surface area (Å²) in [4.78, 5) is 10.9. The van der Waals surface area contributed by atoms with Crippen molar-refractivity contribution in [3.8, 4) is 11.5 Å². The van der Waals surface area contributed by atoms with Crippen LogP contribution in [0.4, 0.5) is 13.2 Å². The molecule has 6 heteroatoms. The third-order valence-corrected chi connectivity index (χ3v) is 2.97. The Hall–Kier alpha value is -2.50. The van der Waals surface area contributed by atoms with E-state index in [0.29, 0.717) is 5.56 Å². The van der Waals surface area contributed by atoms with Gasteiger partial charge in [-0.1, -0.05) is 29.8 Å². The van der Waals surface area contributed by atoms with E-state index in [1.54, 1.807) is 19.1 Å². The van der Waals surface area contributed by atoms with Gasteiger partial charge in [0.2, 0.25) is 0 Å². The number of carbonyl (C=O) groups is 1. The largest absolute Gasteiger partial charge is 0.481 e. The molecule has 0 heterocycles. The van der Waals surface area contributed by atoms with E-state index >= 15 is 0 Å². The van der Waals surface area contributed by atoms with Crippen molar-refractivity contribution < 1.29 is 27.8 Å². The second kappa shape index (κ2) is 6.09. The summed E-state index contributed by atoms with van der Waals surface area (Å²) in [7, 11) is 0. The standard InChI is InChI=1S/C16H13F3O3/c1-10-6-7-13(11(8-10)9-15(20)21)22-14-5-3-2-4-12(14)16(17,18)19/h2-8H,9H2,1H3,(H,20,21). The van der Waals surface area contributed by atoms with Crippen LogP contribution in [0, 0.1) is 6.92 Å². The Balaban J connectivity index is 2.42. The molecule has 0 amide bonds. The molecule has 0 radical (unpaired) electrons. The highest BCUT2D eigenvalue weighted by atomic mass is 19.4. The lowest BCUT2D eigenvalue weighted by atomic mass is 10.1. The molecule has 0 bridgehead atoms. The topological polar surface area (TPSA) is 46.5 Å². The number of rotatable bonds is 4. The Morgan fingerprint density at radius 1 is 1.14 bits per heavy atom. The number of para-hydroxylation sites is 1. The second-order valence-corrected chi connectivity index (χ2v) is 4.78. The third kappa shape index (κ3) is 3.78. The average molecular weight is 310 g/mol. The van der Waals surface area contributed by atoms with Gasteiger partial charge in [-0.15, -0.1) is 0 Å². The summed E-state index contributed by atoms with van der Waals surface area (Å²) in [5, 5.41) is 8.90. The number of hydrogen-bond donors (Lipinski definition) is 1. The van der Waals surface area contributed by atoms with Crippen LogP contribution in [0.25, 0.3) is 0 Å². The number of carboxylic acid groups (broad SMARTS) is 1. The van der Waals surface area contributed by atoms with Gasteiger partial charge in [-0.05, 0) is 25.1 Å². The van der Waals surface area contributed by atoms with E-state index < -0.39 is 17.7 Å². The molecule has 0 aliphatic carbocycles. The molecule has 0 spiro atoms. The summed E-state index contributed by atoms with van der Waals surface area (Å²) in [5.41, 5.74) is 0.217. The van der Waals surface area contributed by atoms with Crippen LogP contribution in [0.1, 0.15) is 16.7 Å². The van der Waals surface area contributed by atoms with Crippen molar-refractivity contribution in [3.63, 3.8) is 0 Å². The van der Waals surface area contributed by atoms with Gasteiger partial charge >= 0.3 is 12.1 Å². The summed E-state index contributed by atoms with van der Waals surface area (Å²) in [5.74, 6) is -1.34. The molecule has 0 fully saturated rings. The molecule has 0 aliphatic rings. The maximum absolute atomic E-state index is 13.0. The normalized spacial score (nSPS) is 11.3. The third-order valence-electron chi connectivity index (χ3n) is 2.97. The summed E-state index contributed by atoms with van der Waals surface area (Å²) >= 11 is 0. The van der Waals surface area contributed by atoms with Crippen molar-refractivity contribution in [1.29, 1.82) is 0 Å². The molecule has 2 aromatic rings. The fourth-order valence-corrected chi connectivity index (χ4v) is 2.02. The highest BCUT2D eigenvalue weighted by Gasteiger charge is 2.34. The fourth-order valence-electron chi connectivity index (χ4n) is 2.02. The van der Waals surface area contributed by atoms with Crippen molar-refractivity contribution in [3.05, 3.63) is 59.2 Å². The molecule has 2 rings (SSSR count). The minimum Gasteiger partial charge on any atom is -0.481 e. The molecule has 22 heavy (non-hydrogen) atoms. The highest BCUT2D eigenvalue weighted by Crippen LogP contribution is 2.38. The van der Waals surface area contributed by atoms with E-state index in [9.17, 15) is 18.0 Å². The molecule has 116 valence electrons. The van der Waals surface area contributed by atoms with Crippen molar-refractivity contribution in [2.75, 3.05) is 0 Å². The first-order valence-corrected chi connectivity index (χ1v) is 6.43. The van der Waals surface area contributed by atoms with Crippen LogP contribution in [-0.2, 0) is 17.4 Å². The average Bonchev–Trinajstić information content (AvgIpc) is 2.40. The van der Waals surface area contributed by atoms with Crippen LogP contribution in [0.15, 0.2) is 42.5 Å². The lowest BCUT2D eigenvalue weighted by Gasteiger charge is -2.15. The molecule has 0 unspecified atom stereocenters. The molecule has 3 nitrogen and oxygen atoms in total. The summed E-state index contributed by atoms with van der Waals surface area (Å²) in [6, 6.07) is 9.52. The molecule has 0 saturated heterocycles. The van der Waals surface area contributed by atoms with Crippen LogP contribution in [0.2, 0.25) is 0 Å². The summed E-state index contributed by atoms with van der Waals surface area (Å²) in [6.45, 7) is 1.76. The van der Waals surface area contributed by atoms with Gasteiger partial charge in [0.25, 0.3) is 0 Å². The predicted molar refractivity (Wildman–Crippen MR) is 74.0 cm³/mol. The smallest absolute Gasteiger partial charge is 0.419 e. The number of halogens is 3. The van der Waals surface area contributed by atoms with E-state index in [-0.39, 0.29) is 17.9 Å². The van der Waals surface area contributed by atoms with Crippen molar-refractivity contribution in [1.82, 2.24) is 0 Å². The van der Waals surface area contributed by atoms with E-state index in [1.165, 1.54) is 24.3 Å². The minimum atomic E-state index is -4.55. The Kier molecular flexibility index (Phi) is 4.40. The van der Waals surface area contributed by atoms with E-state index in [0.717, 1.165) is 11.6 Å². The number of ether oxygens (including phenoxy) is 1. The molecular formula is C16H13F3O3. The molecular weight excluding hydrogens is 297 g/mol. The van der Waals surface area contributed by atoms with Gasteiger partial charge in [0.1, 0.15) is 11.5 Å². The summed E-state index contributed by atoms with van der Waals surface area (Å²) < 4.78 is 44.2. The molecule has 0 saturated carbocycles. The number of aliphatic carboxylic acids is 1. The molecule has 0 aromatic heterocycles. The van der Waals surface area contributed by atoms with Gasteiger partial charge < -0.3 is 9.84 Å². The van der Waals surface area contributed by atoms with Crippen LogP contribution in [0.3, 0.4) is 0 Å². The highest BCUT2D eigenvalue weighted by molar-refractivity contribution is 5.71. The first-order valence-electron chi connectivity index (χ1n) is 6.43. The van der Waals surface area contributed by atoms with Gasteiger partial charge in [-0.3, -0.25) is 4.79 Å². The van der Waals surface area contributed by atoms with E-state index in [4.69, 9.17) is 9.84 Å². The number of benzene rings is 2. The SMILES string of the molecule is Cc1ccc(Oc2ccccc2C(F)(F)F)c(CC(=O)O)c1. The maximum Gasteiger partial charge on any atom is 0.419 e. The Labute approximate surface area is 125 Å². The van der Waals surface area contributed by atoms with Gasteiger partial charge in [-0.2, -0.15) is 13.2 Å². The van der Waals surface area contributed by atoms with Gasteiger partial charge in [-0.25, -0.2) is 0 Å². The quantitative estimate of drug-likeness (QED) is 0.908. The number of hydrogen-bond acceptors (Lipinski definition) is 2. The first kappa shape index (κ1) is 15.9. The maximum atomic E-state index is 13.0. The van der Waals surface area contributed by atoms with Crippen molar-refractivity contribution in [2.24, 2.45) is 0 Å². The lowest BCUT2D eigenvalue weighted by Crippen LogP contribution is -2.08. The zero-order chi connectivity index (χ0) is 16.3. The first-order chi connectivity index (χ1) is 10.3. The summed E-state index contributed by atoms with van der Waals surface area (Å²) in [6.07, 6.45) is -4.88. The predicted octanol–water partition coefficient (Wildman–Crippen LogP) is 4.43. The number of alkyl halides is 3. The zero-order valence-electron chi connectivity index (χ0n) is 11.6. The second-order valence-electron chi connectivity index (χ2n) is 4.78.